The molecular weight excluding hydrogens is 408 g/mol. The lowest BCUT2D eigenvalue weighted by Crippen LogP contribution is -2.60. The molecule has 0 saturated carbocycles. The van der Waals surface area contributed by atoms with Gasteiger partial charge in [0.1, 0.15) is 18.1 Å². The molecule has 3 amide bonds. The fourth-order valence-corrected chi connectivity index (χ4v) is 3.50. The molecule has 1 aliphatic heterocycles. The topological polar surface area (TPSA) is 137 Å². The second-order valence-corrected chi connectivity index (χ2v) is 8.34. The van der Waals surface area contributed by atoms with E-state index in [9.17, 15) is 24.3 Å². The van der Waals surface area contributed by atoms with Gasteiger partial charge in [0, 0.05) is 5.75 Å². The standard InChI is InChI=1S/C20H36N4O5S/c1-5-11(3)15(18(26)22-14(10-30)20(28)29)24-19(27)16(12(4)6-2)23-17(25)13-8-7-9-21-13/h11-16,21,30H,5-10H2,1-4H3,(H,22,26)(H,23,25)(H,24,27)(H,28,29). The summed E-state index contributed by atoms with van der Waals surface area (Å²) in [4.78, 5) is 49.6. The zero-order chi connectivity index (χ0) is 22.8. The molecule has 1 rings (SSSR count). The number of aliphatic carboxylic acids is 1. The van der Waals surface area contributed by atoms with Crippen molar-refractivity contribution in [2.24, 2.45) is 11.8 Å². The van der Waals surface area contributed by atoms with Gasteiger partial charge in [-0.2, -0.15) is 12.6 Å². The van der Waals surface area contributed by atoms with Crippen molar-refractivity contribution in [2.45, 2.75) is 77.5 Å². The molecule has 30 heavy (non-hydrogen) atoms. The molecule has 0 bridgehead atoms. The van der Waals surface area contributed by atoms with Gasteiger partial charge in [0.05, 0.1) is 6.04 Å². The van der Waals surface area contributed by atoms with Gasteiger partial charge in [-0.15, -0.1) is 0 Å². The predicted molar refractivity (Wildman–Crippen MR) is 117 cm³/mol. The lowest BCUT2D eigenvalue weighted by Gasteiger charge is -2.30. The Balaban J connectivity index is 2.94. The normalized spacial score (nSPS) is 21.0. The van der Waals surface area contributed by atoms with Gasteiger partial charge >= 0.3 is 5.97 Å². The predicted octanol–water partition coefficient (Wildman–Crippen LogP) is 0.299. The average Bonchev–Trinajstić information content (AvgIpc) is 3.27. The molecule has 172 valence electrons. The summed E-state index contributed by atoms with van der Waals surface area (Å²) >= 11 is 3.96. The maximum atomic E-state index is 13.1. The number of nitrogens with one attached hydrogen (secondary N) is 4. The van der Waals surface area contributed by atoms with E-state index in [0.717, 1.165) is 19.4 Å². The van der Waals surface area contributed by atoms with E-state index in [1.807, 2.05) is 20.8 Å². The molecule has 0 aromatic rings. The van der Waals surface area contributed by atoms with Crippen molar-refractivity contribution < 1.29 is 24.3 Å². The van der Waals surface area contributed by atoms with Crippen LogP contribution in [0.25, 0.3) is 0 Å². The van der Waals surface area contributed by atoms with E-state index in [2.05, 4.69) is 33.9 Å². The van der Waals surface area contributed by atoms with E-state index in [4.69, 9.17) is 0 Å². The molecule has 9 nitrogen and oxygen atoms in total. The Kier molecular flexibility index (Phi) is 11.2. The van der Waals surface area contributed by atoms with Crippen LogP contribution in [0.1, 0.15) is 53.4 Å². The molecular formula is C20H36N4O5S. The van der Waals surface area contributed by atoms with E-state index in [1.165, 1.54) is 0 Å². The van der Waals surface area contributed by atoms with Gasteiger partial charge in [0.2, 0.25) is 17.7 Å². The first-order valence-electron chi connectivity index (χ1n) is 10.6. The quantitative estimate of drug-likeness (QED) is 0.240. The third-order valence-electron chi connectivity index (χ3n) is 5.76. The summed E-state index contributed by atoms with van der Waals surface area (Å²) in [7, 11) is 0. The SMILES string of the molecule is CCC(C)C(NC(=O)C1CCCN1)C(=O)NC(C(=O)NC(CS)C(=O)O)C(C)CC. The molecule has 6 atom stereocenters. The van der Waals surface area contributed by atoms with Crippen molar-refractivity contribution in [1.82, 2.24) is 21.3 Å². The third kappa shape index (κ3) is 7.46. The summed E-state index contributed by atoms with van der Waals surface area (Å²) in [6.45, 7) is 8.25. The highest BCUT2D eigenvalue weighted by molar-refractivity contribution is 7.80. The van der Waals surface area contributed by atoms with Gasteiger partial charge < -0.3 is 26.4 Å². The number of carbonyl (C=O) groups is 4. The molecule has 10 heteroatoms. The molecule has 0 aromatic carbocycles. The van der Waals surface area contributed by atoms with Gasteiger partial charge in [-0.25, -0.2) is 4.79 Å². The van der Waals surface area contributed by atoms with E-state index >= 15 is 0 Å². The van der Waals surface area contributed by atoms with Crippen LogP contribution in [0, 0.1) is 11.8 Å². The minimum atomic E-state index is -1.19. The maximum absolute atomic E-state index is 13.1. The number of rotatable bonds is 12. The van der Waals surface area contributed by atoms with Crippen LogP contribution in [0.5, 0.6) is 0 Å². The van der Waals surface area contributed by atoms with Crippen LogP contribution < -0.4 is 21.3 Å². The molecule has 0 spiro atoms. The van der Waals surface area contributed by atoms with Crippen LogP contribution >= 0.6 is 12.6 Å². The zero-order valence-corrected chi connectivity index (χ0v) is 19.1. The lowest BCUT2D eigenvalue weighted by molar-refractivity contribution is -0.142. The molecule has 1 heterocycles. The first kappa shape index (κ1) is 26.2. The largest absolute Gasteiger partial charge is 0.480 e. The Morgan fingerprint density at radius 2 is 1.53 bits per heavy atom. The fourth-order valence-electron chi connectivity index (χ4n) is 3.26. The number of amides is 3. The Labute approximate surface area is 183 Å². The van der Waals surface area contributed by atoms with Crippen LogP contribution in [0.4, 0.5) is 0 Å². The van der Waals surface area contributed by atoms with Crippen LogP contribution in [-0.4, -0.2) is 65.3 Å². The molecule has 1 saturated heterocycles. The van der Waals surface area contributed by atoms with Crippen molar-refractivity contribution in [1.29, 1.82) is 0 Å². The van der Waals surface area contributed by atoms with Gasteiger partial charge in [0.15, 0.2) is 0 Å². The highest BCUT2D eigenvalue weighted by atomic mass is 32.1. The number of carboxylic acid groups (broad SMARTS) is 1. The van der Waals surface area contributed by atoms with Crippen molar-refractivity contribution in [3.05, 3.63) is 0 Å². The summed E-state index contributed by atoms with van der Waals surface area (Å²) in [5.41, 5.74) is 0. The van der Waals surface area contributed by atoms with E-state index in [1.54, 1.807) is 6.92 Å². The summed E-state index contributed by atoms with van der Waals surface area (Å²) < 4.78 is 0. The van der Waals surface area contributed by atoms with E-state index < -0.39 is 35.9 Å². The van der Waals surface area contributed by atoms with Gasteiger partial charge in [-0.1, -0.05) is 40.5 Å². The first-order valence-corrected chi connectivity index (χ1v) is 11.3. The zero-order valence-electron chi connectivity index (χ0n) is 18.2. The van der Waals surface area contributed by atoms with Gasteiger partial charge in [-0.3, -0.25) is 14.4 Å². The van der Waals surface area contributed by atoms with Crippen molar-refractivity contribution in [3.63, 3.8) is 0 Å². The Morgan fingerprint density at radius 3 is 1.97 bits per heavy atom. The Morgan fingerprint density at radius 1 is 1.00 bits per heavy atom. The molecule has 1 fully saturated rings. The lowest BCUT2D eigenvalue weighted by atomic mass is 9.94. The van der Waals surface area contributed by atoms with Crippen LogP contribution in [0.3, 0.4) is 0 Å². The highest BCUT2D eigenvalue weighted by Crippen LogP contribution is 2.14. The smallest absolute Gasteiger partial charge is 0.327 e. The van der Waals surface area contributed by atoms with Crippen LogP contribution in [0.15, 0.2) is 0 Å². The average molecular weight is 445 g/mol. The summed E-state index contributed by atoms with van der Waals surface area (Å²) in [6.07, 6.45) is 2.89. The molecule has 1 aliphatic rings. The minimum Gasteiger partial charge on any atom is -0.480 e. The summed E-state index contributed by atoms with van der Waals surface area (Å²) in [5.74, 6) is -2.88. The third-order valence-corrected chi connectivity index (χ3v) is 6.13. The van der Waals surface area contributed by atoms with Crippen LogP contribution in [-0.2, 0) is 19.2 Å². The van der Waals surface area contributed by atoms with E-state index in [0.29, 0.717) is 12.8 Å². The summed E-state index contributed by atoms with van der Waals surface area (Å²) in [5, 5.41) is 20.3. The maximum Gasteiger partial charge on any atom is 0.327 e. The van der Waals surface area contributed by atoms with Crippen molar-refractivity contribution >= 4 is 36.3 Å². The van der Waals surface area contributed by atoms with Gasteiger partial charge in [0.25, 0.3) is 0 Å². The fraction of sp³-hybridized carbons (Fsp3) is 0.800. The minimum absolute atomic E-state index is 0.0673. The number of carboxylic acids is 1. The number of carbonyl (C=O) groups excluding carboxylic acids is 3. The molecule has 0 aromatic heterocycles. The van der Waals surface area contributed by atoms with Crippen molar-refractivity contribution in [2.75, 3.05) is 12.3 Å². The summed E-state index contributed by atoms with van der Waals surface area (Å²) in [6, 6.07) is -3.17. The number of hydrogen-bond acceptors (Lipinski definition) is 6. The molecule has 6 unspecified atom stereocenters. The number of thiol groups is 1. The monoisotopic (exact) mass is 444 g/mol. The highest BCUT2D eigenvalue weighted by Gasteiger charge is 2.34. The Bertz CT molecular complexity index is 612. The molecule has 5 N–H and O–H groups in total. The van der Waals surface area contributed by atoms with E-state index in [-0.39, 0.29) is 29.5 Å². The second-order valence-electron chi connectivity index (χ2n) is 7.97. The molecule has 0 aliphatic carbocycles. The van der Waals surface area contributed by atoms with Crippen LogP contribution in [0.2, 0.25) is 0 Å². The second kappa shape index (κ2) is 12.8. The number of hydrogen-bond donors (Lipinski definition) is 6. The van der Waals surface area contributed by atoms with Crippen molar-refractivity contribution in [3.8, 4) is 0 Å². The molecule has 0 radical (unpaired) electrons. The first-order chi connectivity index (χ1) is 14.2. The van der Waals surface area contributed by atoms with Gasteiger partial charge in [-0.05, 0) is 31.2 Å². The Hall–Kier alpha value is -1.81.